The molecule has 144 valence electrons. The zero-order valence-corrected chi connectivity index (χ0v) is 15.3. The van der Waals surface area contributed by atoms with E-state index in [2.05, 4.69) is 20.6 Å². The van der Waals surface area contributed by atoms with Crippen molar-refractivity contribution in [2.45, 2.75) is 19.3 Å². The number of aromatic nitrogens is 2. The summed E-state index contributed by atoms with van der Waals surface area (Å²) in [7, 11) is 0. The highest BCUT2D eigenvalue weighted by Gasteiger charge is 2.20. The molecule has 0 radical (unpaired) electrons. The number of fused-ring (bicyclic) bond motifs is 1. The molecule has 0 spiro atoms. The second-order valence-corrected chi connectivity index (χ2v) is 7.06. The van der Waals surface area contributed by atoms with Gasteiger partial charge in [0.2, 0.25) is 0 Å². The van der Waals surface area contributed by atoms with Crippen molar-refractivity contribution in [3.63, 3.8) is 0 Å². The average molecular weight is 379 g/mol. The Hall–Kier alpha value is -3.42. The quantitative estimate of drug-likeness (QED) is 0.411. The number of nitro benzene ring substituents is 1. The molecule has 0 unspecified atom stereocenters. The maximum absolute atomic E-state index is 12.3. The number of aromatic amines is 1. The van der Waals surface area contributed by atoms with E-state index < -0.39 is 4.92 Å². The van der Waals surface area contributed by atoms with E-state index in [9.17, 15) is 14.9 Å². The molecule has 1 aromatic carbocycles. The van der Waals surface area contributed by atoms with Crippen LogP contribution >= 0.6 is 0 Å². The normalized spacial score (nSPS) is 13.4. The monoisotopic (exact) mass is 379 g/mol. The summed E-state index contributed by atoms with van der Waals surface area (Å²) in [6.45, 7) is 1.36. The van der Waals surface area contributed by atoms with Crippen molar-refractivity contribution in [3.05, 3.63) is 64.0 Å². The zero-order chi connectivity index (χ0) is 19.5. The van der Waals surface area contributed by atoms with Crippen molar-refractivity contribution in [3.8, 4) is 0 Å². The molecule has 2 aromatic heterocycles. The summed E-state index contributed by atoms with van der Waals surface area (Å²) < 4.78 is 0. The highest BCUT2D eigenvalue weighted by Crippen LogP contribution is 2.28. The minimum atomic E-state index is -0.409. The lowest BCUT2D eigenvalue weighted by Gasteiger charge is -2.07. The van der Waals surface area contributed by atoms with Gasteiger partial charge in [-0.15, -0.1) is 0 Å². The van der Waals surface area contributed by atoms with Gasteiger partial charge in [0, 0.05) is 48.5 Å². The van der Waals surface area contributed by atoms with Gasteiger partial charge in [-0.25, -0.2) is 4.98 Å². The zero-order valence-electron chi connectivity index (χ0n) is 15.3. The van der Waals surface area contributed by atoms with Crippen molar-refractivity contribution in [2.24, 2.45) is 5.92 Å². The molecule has 8 nitrogen and oxygen atoms in total. The van der Waals surface area contributed by atoms with E-state index >= 15 is 0 Å². The van der Waals surface area contributed by atoms with Crippen molar-refractivity contribution in [1.29, 1.82) is 0 Å². The van der Waals surface area contributed by atoms with Crippen LogP contribution in [0, 0.1) is 16.0 Å². The van der Waals surface area contributed by atoms with Crippen LogP contribution in [-0.2, 0) is 6.42 Å². The van der Waals surface area contributed by atoms with Crippen LogP contribution in [0.4, 0.5) is 11.5 Å². The number of hydrogen-bond donors (Lipinski definition) is 3. The molecule has 1 saturated carbocycles. The molecule has 1 aliphatic carbocycles. The van der Waals surface area contributed by atoms with Gasteiger partial charge in [0.05, 0.1) is 10.5 Å². The van der Waals surface area contributed by atoms with Gasteiger partial charge in [-0.1, -0.05) is 0 Å². The first kappa shape index (κ1) is 18.0. The van der Waals surface area contributed by atoms with Gasteiger partial charge < -0.3 is 15.6 Å². The highest BCUT2D eigenvalue weighted by molar-refractivity contribution is 5.94. The minimum absolute atomic E-state index is 0.0545. The van der Waals surface area contributed by atoms with Crippen LogP contribution in [-0.4, -0.2) is 33.9 Å². The first-order chi connectivity index (χ1) is 13.6. The maximum atomic E-state index is 12.3. The van der Waals surface area contributed by atoms with Crippen molar-refractivity contribution in [1.82, 2.24) is 15.3 Å². The van der Waals surface area contributed by atoms with Crippen LogP contribution in [0.2, 0.25) is 0 Å². The van der Waals surface area contributed by atoms with E-state index in [-0.39, 0.29) is 11.6 Å². The molecule has 3 N–H and O–H groups in total. The molecular formula is C20H21N5O3. The molecule has 2 heterocycles. The second-order valence-electron chi connectivity index (χ2n) is 7.06. The molecule has 8 heteroatoms. The van der Waals surface area contributed by atoms with Crippen molar-refractivity contribution in [2.75, 3.05) is 18.4 Å². The summed E-state index contributed by atoms with van der Waals surface area (Å²) in [5.41, 5.74) is 2.33. The van der Waals surface area contributed by atoms with Gasteiger partial charge in [-0.3, -0.25) is 14.9 Å². The third kappa shape index (κ3) is 4.11. The number of rotatable bonds is 8. The number of benzene rings is 1. The van der Waals surface area contributed by atoms with Gasteiger partial charge in [0.1, 0.15) is 5.82 Å². The largest absolute Gasteiger partial charge is 0.370 e. The number of amides is 1. The van der Waals surface area contributed by atoms with Crippen LogP contribution in [0.5, 0.6) is 0 Å². The number of nitro groups is 1. The Morgan fingerprint density at radius 1 is 1.29 bits per heavy atom. The molecule has 3 aromatic rings. The number of hydrogen-bond acceptors (Lipinski definition) is 5. The Labute approximate surface area is 161 Å². The number of non-ortho nitro benzene ring substituents is 1. The molecule has 1 amide bonds. The number of nitrogens with zero attached hydrogens (tertiary/aromatic N) is 2. The summed E-state index contributed by atoms with van der Waals surface area (Å²) >= 11 is 0. The van der Waals surface area contributed by atoms with E-state index in [1.807, 2.05) is 12.3 Å². The van der Waals surface area contributed by atoms with E-state index in [1.54, 1.807) is 24.4 Å². The summed E-state index contributed by atoms with van der Waals surface area (Å²) in [5.74, 6) is 1.35. The second kappa shape index (κ2) is 7.67. The lowest BCUT2D eigenvalue weighted by molar-refractivity contribution is -0.384. The molecule has 28 heavy (non-hydrogen) atoms. The summed E-state index contributed by atoms with van der Waals surface area (Å²) in [6.07, 6.45) is 6.51. The number of pyridine rings is 1. The van der Waals surface area contributed by atoms with E-state index in [1.165, 1.54) is 18.9 Å². The number of anilines is 1. The van der Waals surface area contributed by atoms with Crippen LogP contribution in [0.3, 0.4) is 0 Å². The standard InChI is InChI=1S/C20H21N5O3/c26-20(15-3-6-19(24-12-15)23-10-13-1-2-13)21-8-7-14-11-22-18-5-4-16(25(27)28)9-17(14)18/h3-6,9,11-13,22H,1-2,7-8,10H2,(H,21,26)(H,23,24). The van der Waals surface area contributed by atoms with Gasteiger partial charge in [0.25, 0.3) is 11.6 Å². The maximum Gasteiger partial charge on any atom is 0.270 e. The molecule has 0 aliphatic heterocycles. The SMILES string of the molecule is O=C(NCCc1c[nH]c2ccc([N+](=O)[O-])cc12)c1ccc(NCC2CC2)nc1. The third-order valence-corrected chi connectivity index (χ3v) is 4.94. The third-order valence-electron chi connectivity index (χ3n) is 4.94. The first-order valence-corrected chi connectivity index (χ1v) is 9.32. The summed E-state index contributed by atoms with van der Waals surface area (Å²) in [5, 5.41) is 17.9. The van der Waals surface area contributed by atoms with Crippen molar-refractivity contribution < 1.29 is 9.72 Å². The number of H-pyrrole nitrogens is 1. The number of carbonyl (C=O) groups is 1. The Bertz CT molecular complexity index is 1010. The first-order valence-electron chi connectivity index (χ1n) is 9.32. The Morgan fingerprint density at radius 3 is 2.86 bits per heavy atom. The Kier molecular flexibility index (Phi) is 4.92. The fourth-order valence-electron chi connectivity index (χ4n) is 3.10. The molecular weight excluding hydrogens is 358 g/mol. The fourth-order valence-corrected chi connectivity index (χ4v) is 3.10. The average Bonchev–Trinajstić information content (AvgIpc) is 3.46. The Morgan fingerprint density at radius 2 is 2.14 bits per heavy atom. The van der Waals surface area contributed by atoms with Crippen molar-refractivity contribution >= 4 is 28.3 Å². The minimum Gasteiger partial charge on any atom is -0.370 e. The lowest BCUT2D eigenvalue weighted by atomic mass is 10.1. The summed E-state index contributed by atoms with van der Waals surface area (Å²) in [4.78, 5) is 30.2. The van der Waals surface area contributed by atoms with Gasteiger partial charge in [-0.2, -0.15) is 0 Å². The highest BCUT2D eigenvalue weighted by atomic mass is 16.6. The van der Waals surface area contributed by atoms with Gasteiger partial charge in [0.15, 0.2) is 0 Å². The molecule has 4 rings (SSSR count). The fraction of sp³-hybridized carbons (Fsp3) is 0.300. The smallest absolute Gasteiger partial charge is 0.270 e. The number of carbonyl (C=O) groups excluding carboxylic acids is 1. The topological polar surface area (TPSA) is 113 Å². The predicted octanol–water partition coefficient (Wildman–Crippen LogP) is 3.27. The molecule has 0 atom stereocenters. The van der Waals surface area contributed by atoms with E-state index in [0.29, 0.717) is 18.5 Å². The van der Waals surface area contributed by atoms with Gasteiger partial charge in [-0.05, 0) is 48.9 Å². The molecule has 1 fully saturated rings. The van der Waals surface area contributed by atoms with E-state index in [4.69, 9.17) is 0 Å². The molecule has 0 saturated heterocycles. The summed E-state index contributed by atoms with van der Waals surface area (Å²) in [6, 6.07) is 8.30. The molecule has 1 aliphatic rings. The van der Waals surface area contributed by atoms with Gasteiger partial charge >= 0.3 is 0 Å². The van der Waals surface area contributed by atoms with Crippen LogP contribution in [0.1, 0.15) is 28.8 Å². The van der Waals surface area contributed by atoms with Crippen LogP contribution < -0.4 is 10.6 Å². The lowest BCUT2D eigenvalue weighted by Crippen LogP contribution is -2.25. The Balaban J connectivity index is 1.33. The van der Waals surface area contributed by atoms with E-state index in [0.717, 1.165) is 34.7 Å². The molecule has 0 bridgehead atoms. The van der Waals surface area contributed by atoms with Crippen LogP contribution in [0.15, 0.2) is 42.7 Å². The van der Waals surface area contributed by atoms with Crippen LogP contribution in [0.25, 0.3) is 10.9 Å². The predicted molar refractivity (Wildman–Crippen MR) is 106 cm³/mol. The number of nitrogens with one attached hydrogen (secondary N) is 3.